The maximum atomic E-state index is 3.55. The fraction of sp³-hybridized carbons (Fsp3) is 1.00. The van der Waals surface area contributed by atoms with Crippen molar-refractivity contribution in [1.82, 2.24) is 10.2 Å². The average Bonchev–Trinajstić information content (AvgIpc) is 2.22. The molecule has 0 aliphatic carbocycles. The molecule has 1 saturated heterocycles. The summed E-state index contributed by atoms with van der Waals surface area (Å²) in [6, 6.07) is 0.780. The topological polar surface area (TPSA) is 15.3 Å². The zero-order valence-electron chi connectivity index (χ0n) is 10.5. The van der Waals surface area contributed by atoms with Gasteiger partial charge in [-0.05, 0) is 50.4 Å². The smallest absolute Gasteiger partial charge is 0.00912 e. The van der Waals surface area contributed by atoms with Crippen LogP contribution in [-0.4, -0.2) is 49.1 Å². The molecule has 0 saturated carbocycles. The first-order valence-electron chi connectivity index (χ1n) is 6.21. The minimum absolute atomic E-state index is 0.780. The predicted molar refractivity (Wildman–Crippen MR) is 70.7 cm³/mol. The van der Waals surface area contributed by atoms with Crippen molar-refractivity contribution >= 4 is 11.8 Å². The lowest BCUT2D eigenvalue weighted by molar-refractivity contribution is 0.182. The van der Waals surface area contributed by atoms with Gasteiger partial charge in [0.2, 0.25) is 0 Å². The van der Waals surface area contributed by atoms with Crippen molar-refractivity contribution in [3.63, 3.8) is 0 Å². The van der Waals surface area contributed by atoms with E-state index in [9.17, 15) is 0 Å². The first-order valence-corrected chi connectivity index (χ1v) is 7.60. The molecule has 0 spiro atoms. The van der Waals surface area contributed by atoms with E-state index in [0.717, 1.165) is 18.5 Å². The summed E-state index contributed by atoms with van der Waals surface area (Å²) >= 11 is 1.97. The van der Waals surface area contributed by atoms with Gasteiger partial charge in [-0.3, -0.25) is 0 Å². The second kappa shape index (κ2) is 7.53. The number of piperidine rings is 1. The number of nitrogens with zero attached hydrogens (tertiary/aromatic N) is 1. The molecule has 0 bridgehead atoms. The van der Waals surface area contributed by atoms with E-state index in [-0.39, 0.29) is 0 Å². The highest BCUT2D eigenvalue weighted by Crippen LogP contribution is 2.13. The molecule has 0 aromatic heterocycles. The molecule has 1 aliphatic heterocycles. The van der Waals surface area contributed by atoms with Crippen LogP contribution >= 0.6 is 11.8 Å². The normalized spacial score (nSPS) is 21.8. The summed E-state index contributed by atoms with van der Waals surface area (Å²) in [7, 11) is 0. The highest BCUT2D eigenvalue weighted by Gasteiger charge is 2.19. The van der Waals surface area contributed by atoms with Crippen molar-refractivity contribution in [3.05, 3.63) is 0 Å². The standard InChI is InChI=1S/C12H26N2S/c1-4-13-12-5-7-14(8-6-12)9-11(2)10-15-3/h11-13H,4-10H2,1-3H3. The minimum Gasteiger partial charge on any atom is -0.314 e. The van der Waals surface area contributed by atoms with Gasteiger partial charge in [-0.25, -0.2) is 0 Å². The molecule has 1 unspecified atom stereocenters. The summed E-state index contributed by atoms with van der Waals surface area (Å²) in [5, 5.41) is 3.55. The van der Waals surface area contributed by atoms with Crippen LogP contribution in [0.1, 0.15) is 26.7 Å². The summed E-state index contributed by atoms with van der Waals surface area (Å²) in [6.07, 6.45) is 4.87. The van der Waals surface area contributed by atoms with Crippen LogP contribution in [0.2, 0.25) is 0 Å². The lowest BCUT2D eigenvalue weighted by atomic mass is 10.0. The van der Waals surface area contributed by atoms with Gasteiger partial charge in [0.25, 0.3) is 0 Å². The largest absolute Gasteiger partial charge is 0.314 e. The summed E-state index contributed by atoms with van der Waals surface area (Å²) in [5.41, 5.74) is 0. The molecule has 1 heterocycles. The fourth-order valence-electron chi connectivity index (χ4n) is 2.39. The zero-order valence-corrected chi connectivity index (χ0v) is 11.3. The van der Waals surface area contributed by atoms with Gasteiger partial charge in [0.05, 0.1) is 0 Å². The van der Waals surface area contributed by atoms with E-state index in [0.29, 0.717) is 0 Å². The van der Waals surface area contributed by atoms with Crippen LogP contribution in [0, 0.1) is 5.92 Å². The number of hydrogen-bond donors (Lipinski definition) is 1. The van der Waals surface area contributed by atoms with Gasteiger partial charge >= 0.3 is 0 Å². The Kier molecular flexibility index (Phi) is 6.69. The van der Waals surface area contributed by atoms with Crippen LogP contribution in [0.3, 0.4) is 0 Å². The zero-order chi connectivity index (χ0) is 11.1. The van der Waals surface area contributed by atoms with Crippen molar-refractivity contribution in [2.45, 2.75) is 32.7 Å². The lowest BCUT2D eigenvalue weighted by Crippen LogP contribution is -2.43. The second-order valence-corrected chi connectivity index (χ2v) is 5.60. The van der Waals surface area contributed by atoms with Gasteiger partial charge < -0.3 is 10.2 Å². The molecule has 2 nitrogen and oxygen atoms in total. The number of rotatable bonds is 6. The molecule has 15 heavy (non-hydrogen) atoms. The molecule has 1 atom stereocenters. The summed E-state index contributed by atoms with van der Waals surface area (Å²) < 4.78 is 0. The Hall–Kier alpha value is 0.270. The molecule has 90 valence electrons. The molecule has 1 rings (SSSR count). The van der Waals surface area contributed by atoms with Crippen molar-refractivity contribution in [1.29, 1.82) is 0 Å². The van der Waals surface area contributed by atoms with Gasteiger partial charge in [0.1, 0.15) is 0 Å². The number of nitrogens with one attached hydrogen (secondary N) is 1. The molecular weight excluding hydrogens is 204 g/mol. The Morgan fingerprint density at radius 3 is 2.60 bits per heavy atom. The van der Waals surface area contributed by atoms with E-state index in [1.807, 2.05) is 11.8 Å². The van der Waals surface area contributed by atoms with Crippen LogP contribution in [-0.2, 0) is 0 Å². The Bertz CT molecular complexity index is 156. The van der Waals surface area contributed by atoms with E-state index < -0.39 is 0 Å². The molecule has 3 heteroatoms. The van der Waals surface area contributed by atoms with Crippen LogP contribution in [0.4, 0.5) is 0 Å². The molecule has 1 fully saturated rings. The third-order valence-corrected chi connectivity index (χ3v) is 4.00. The monoisotopic (exact) mass is 230 g/mol. The number of hydrogen-bond acceptors (Lipinski definition) is 3. The number of likely N-dealkylation sites (tertiary alicyclic amines) is 1. The van der Waals surface area contributed by atoms with Crippen molar-refractivity contribution in [3.8, 4) is 0 Å². The van der Waals surface area contributed by atoms with Crippen molar-refractivity contribution in [2.75, 3.05) is 38.2 Å². The molecule has 0 amide bonds. The van der Waals surface area contributed by atoms with E-state index in [1.165, 1.54) is 38.2 Å². The Labute approximate surface area is 99.2 Å². The van der Waals surface area contributed by atoms with E-state index in [2.05, 4.69) is 30.3 Å². The van der Waals surface area contributed by atoms with Crippen molar-refractivity contribution in [2.24, 2.45) is 5.92 Å². The van der Waals surface area contributed by atoms with Crippen LogP contribution in [0.5, 0.6) is 0 Å². The third-order valence-electron chi connectivity index (χ3n) is 3.10. The lowest BCUT2D eigenvalue weighted by Gasteiger charge is -2.33. The van der Waals surface area contributed by atoms with E-state index in [1.54, 1.807) is 0 Å². The Morgan fingerprint density at radius 2 is 2.07 bits per heavy atom. The van der Waals surface area contributed by atoms with E-state index >= 15 is 0 Å². The highest BCUT2D eigenvalue weighted by molar-refractivity contribution is 7.98. The fourth-order valence-corrected chi connectivity index (χ4v) is 3.06. The van der Waals surface area contributed by atoms with E-state index in [4.69, 9.17) is 0 Å². The summed E-state index contributed by atoms with van der Waals surface area (Å²) in [6.45, 7) is 9.56. The molecular formula is C12H26N2S. The van der Waals surface area contributed by atoms with Gasteiger partial charge in [-0.1, -0.05) is 13.8 Å². The maximum absolute atomic E-state index is 3.55. The highest BCUT2D eigenvalue weighted by atomic mass is 32.2. The van der Waals surface area contributed by atoms with Gasteiger partial charge in [-0.2, -0.15) is 11.8 Å². The first kappa shape index (κ1) is 13.3. The Morgan fingerprint density at radius 1 is 1.40 bits per heavy atom. The average molecular weight is 230 g/mol. The summed E-state index contributed by atoms with van der Waals surface area (Å²) in [5.74, 6) is 2.14. The SMILES string of the molecule is CCNC1CCN(CC(C)CSC)CC1. The van der Waals surface area contributed by atoms with Gasteiger partial charge in [0, 0.05) is 12.6 Å². The maximum Gasteiger partial charge on any atom is 0.00912 e. The molecule has 1 aliphatic rings. The summed E-state index contributed by atoms with van der Waals surface area (Å²) in [4.78, 5) is 2.63. The molecule has 1 N–H and O–H groups in total. The predicted octanol–water partition coefficient (Wildman–Crippen LogP) is 2.06. The second-order valence-electron chi connectivity index (χ2n) is 4.69. The quantitative estimate of drug-likeness (QED) is 0.752. The third kappa shape index (κ3) is 5.23. The number of thioether (sulfide) groups is 1. The first-order chi connectivity index (χ1) is 7.26. The minimum atomic E-state index is 0.780. The van der Waals surface area contributed by atoms with Gasteiger partial charge in [0.15, 0.2) is 0 Å². The molecule has 0 aromatic carbocycles. The van der Waals surface area contributed by atoms with Gasteiger partial charge in [-0.15, -0.1) is 0 Å². The van der Waals surface area contributed by atoms with Crippen LogP contribution in [0.15, 0.2) is 0 Å². The molecule has 0 radical (unpaired) electrons. The molecule has 0 aromatic rings. The Balaban J connectivity index is 2.14. The van der Waals surface area contributed by atoms with Crippen molar-refractivity contribution < 1.29 is 0 Å². The van der Waals surface area contributed by atoms with Crippen LogP contribution in [0.25, 0.3) is 0 Å². The van der Waals surface area contributed by atoms with Crippen LogP contribution < -0.4 is 5.32 Å².